The van der Waals surface area contributed by atoms with Crippen molar-refractivity contribution in [3.05, 3.63) is 59.4 Å². The van der Waals surface area contributed by atoms with Crippen molar-refractivity contribution in [2.24, 2.45) is 0 Å². The first-order valence-electron chi connectivity index (χ1n) is 8.17. The number of nitrogens with one attached hydrogen (secondary N) is 1. The summed E-state index contributed by atoms with van der Waals surface area (Å²) in [5.74, 6) is -0.234. The zero-order valence-electron chi connectivity index (χ0n) is 14.1. The highest BCUT2D eigenvalue weighted by Crippen LogP contribution is 2.20. The predicted molar refractivity (Wildman–Crippen MR) is 95.1 cm³/mol. The minimum Gasteiger partial charge on any atom is -0.368 e. The molecule has 126 valence electrons. The largest absolute Gasteiger partial charge is 0.368 e. The number of halogens is 1. The van der Waals surface area contributed by atoms with Crippen LogP contribution in [0.3, 0.4) is 0 Å². The molecule has 1 fully saturated rings. The van der Waals surface area contributed by atoms with E-state index in [1.54, 1.807) is 11.0 Å². The van der Waals surface area contributed by atoms with Gasteiger partial charge in [0, 0.05) is 37.6 Å². The fourth-order valence-electron chi connectivity index (χ4n) is 2.92. The molecule has 1 saturated heterocycles. The van der Waals surface area contributed by atoms with Gasteiger partial charge in [-0.05, 0) is 49.2 Å². The monoisotopic (exact) mass is 327 g/mol. The van der Waals surface area contributed by atoms with E-state index in [4.69, 9.17) is 0 Å². The van der Waals surface area contributed by atoms with E-state index in [2.05, 4.69) is 10.2 Å². The van der Waals surface area contributed by atoms with Gasteiger partial charge in [-0.25, -0.2) is 9.18 Å². The van der Waals surface area contributed by atoms with Gasteiger partial charge in [0.15, 0.2) is 0 Å². The molecule has 0 unspecified atom stereocenters. The second-order valence-electron chi connectivity index (χ2n) is 6.13. The first-order valence-corrected chi connectivity index (χ1v) is 8.17. The number of nitrogens with zero attached hydrogens (tertiary/aromatic N) is 2. The van der Waals surface area contributed by atoms with E-state index in [0.717, 1.165) is 22.5 Å². The van der Waals surface area contributed by atoms with Crippen molar-refractivity contribution >= 4 is 17.4 Å². The lowest BCUT2D eigenvalue weighted by atomic mass is 10.1. The molecule has 24 heavy (non-hydrogen) atoms. The molecule has 3 rings (SSSR count). The van der Waals surface area contributed by atoms with Crippen LogP contribution in [-0.2, 0) is 0 Å². The molecule has 5 heteroatoms. The van der Waals surface area contributed by atoms with Gasteiger partial charge in [0.05, 0.1) is 0 Å². The van der Waals surface area contributed by atoms with Crippen molar-refractivity contribution in [2.75, 3.05) is 36.4 Å². The number of benzene rings is 2. The van der Waals surface area contributed by atoms with Crippen molar-refractivity contribution in [2.45, 2.75) is 13.8 Å². The Morgan fingerprint density at radius 2 is 1.75 bits per heavy atom. The number of carbonyl (C=O) groups excluding carboxylic acids is 1. The van der Waals surface area contributed by atoms with Crippen LogP contribution in [-0.4, -0.2) is 37.1 Å². The van der Waals surface area contributed by atoms with Crippen LogP contribution < -0.4 is 10.2 Å². The zero-order chi connectivity index (χ0) is 17.1. The number of rotatable bonds is 2. The molecule has 1 heterocycles. The van der Waals surface area contributed by atoms with Crippen LogP contribution in [0.1, 0.15) is 11.1 Å². The molecule has 2 aromatic carbocycles. The lowest BCUT2D eigenvalue weighted by molar-refractivity contribution is 0.208. The average Bonchev–Trinajstić information content (AvgIpc) is 2.59. The topological polar surface area (TPSA) is 35.6 Å². The van der Waals surface area contributed by atoms with E-state index in [0.29, 0.717) is 26.2 Å². The molecule has 1 aliphatic heterocycles. The van der Waals surface area contributed by atoms with Gasteiger partial charge in [-0.15, -0.1) is 0 Å². The third-order valence-electron chi connectivity index (χ3n) is 4.59. The van der Waals surface area contributed by atoms with Gasteiger partial charge in [0.1, 0.15) is 5.82 Å². The van der Waals surface area contributed by atoms with E-state index >= 15 is 0 Å². The van der Waals surface area contributed by atoms with Gasteiger partial charge in [-0.2, -0.15) is 0 Å². The Bertz CT molecular complexity index is 739. The van der Waals surface area contributed by atoms with Crippen molar-refractivity contribution in [1.82, 2.24) is 4.90 Å². The van der Waals surface area contributed by atoms with E-state index in [9.17, 15) is 9.18 Å². The molecule has 0 radical (unpaired) electrons. The quantitative estimate of drug-likeness (QED) is 0.911. The lowest BCUT2D eigenvalue weighted by Gasteiger charge is -2.36. The molecule has 1 N–H and O–H groups in total. The highest BCUT2D eigenvalue weighted by atomic mass is 19.1. The molecule has 0 atom stereocenters. The fraction of sp³-hybridized carbons (Fsp3) is 0.316. The number of urea groups is 1. The number of hydrogen-bond donors (Lipinski definition) is 1. The van der Waals surface area contributed by atoms with Gasteiger partial charge in [-0.1, -0.05) is 18.2 Å². The van der Waals surface area contributed by atoms with Crippen molar-refractivity contribution in [1.29, 1.82) is 0 Å². The average molecular weight is 327 g/mol. The van der Waals surface area contributed by atoms with Crippen LogP contribution in [0.25, 0.3) is 0 Å². The van der Waals surface area contributed by atoms with Crippen LogP contribution >= 0.6 is 0 Å². The molecule has 0 aliphatic carbocycles. The van der Waals surface area contributed by atoms with Gasteiger partial charge in [0.25, 0.3) is 0 Å². The Kier molecular flexibility index (Phi) is 4.69. The Labute approximate surface area is 141 Å². The number of piperazine rings is 1. The predicted octanol–water partition coefficient (Wildman–Crippen LogP) is 3.80. The Morgan fingerprint density at radius 1 is 1.04 bits per heavy atom. The lowest BCUT2D eigenvalue weighted by Crippen LogP contribution is -2.50. The first-order chi connectivity index (χ1) is 11.5. The van der Waals surface area contributed by atoms with Crippen molar-refractivity contribution in [3.63, 3.8) is 0 Å². The highest BCUT2D eigenvalue weighted by molar-refractivity contribution is 5.90. The normalized spacial score (nSPS) is 14.6. The number of anilines is 2. The zero-order valence-corrected chi connectivity index (χ0v) is 14.1. The van der Waals surface area contributed by atoms with Gasteiger partial charge < -0.3 is 15.1 Å². The summed E-state index contributed by atoms with van der Waals surface area (Å²) in [6.07, 6.45) is 0. The molecule has 4 nitrogen and oxygen atoms in total. The summed E-state index contributed by atoms with van der Waals surface area (Å²) in [6, 6.07) is 12.4. The molecule has 0 aromatic heterocycles. The molecule has 2 amide bonds. The maximum atomic E-state index is 13.3. The van der Waals surface area contributed by atoms with E-state index < -0.39 is 0 Å². The summed E-state index contributed by atoms with van der Waals surface area (Å²) in [5, 5.41) is 2.99. The highest BCUT2D eigenvalue weighted by Gasteiger charge is 2.22. The summed E-state index contributed by atoms with van der Waals surface area (Å²) in [6.45, 7) is 6.67. The van der Waals surface area contributed by atoms with E-state index in [1.807, 2.05) is 38.1 Å². The molecule has 2 aromatic rings. The minimum atomic E-state index is -0.234. The molecule has 0 saturated carbocycles. The molecule has 0 spiro atoms. The summed E-state index contributed by atoms with van der Waals surface area (Å²) < 4.78 is 13.3. The molecule has 0 bridgehead atoms. The summed E-state index contributed by atoms with van der Waals surface area (Å²) in [4.78, 5) is 16.4. The molecule has 1 aliphatic rings. The second-order valence-corrected chi connectivity index (χ2v) is 6.13. The third kappa shape index (κ3) is 3.50. The van der Waals surface area contributed by atoms with E-state index in [1.165, 1.54) is 12.1 Å². The van der Waals surface area contributed by atoms with Crippen molar-refractivity contribution < 1.29 is 9.18 Å². The summed E-state index contributed by atoms with van der Waals surface area (Å²) in [5.41, 5.74) is 3.96. The number of carbonyl (C=O) groups is 1. The minimum absolute atomic E-state index is 0.0809. The summed E-state index contributed by atoms with van der Waals surface area (Å²) in [7, 11) is 0. The fourth-order valence-corrected chi connectivity index (χ4v) is 2.92. The smallest absolute Gasteiger partial charge is 0.321 e. The Hall–Kier alpha value is -2.56. The Morgan fingerprint density at radius 3 is 2.46 bits per heavy atom. The SMILES string of the molecule is Cc1cccc(NC(=O)N2CCN(c3cccc(F)c3)CC2)c1C. The van der Waals surface area contributed by atoms with Crippen LogP contribution in [0.2, 0.25) is 0 Å². The third-order valence-corrected chi connectivity index (χ3v) is 4.59. The maximum absolute atomic E-state index is 13.3. The Balaban J connectivity index is 1.60. The van der Waals surface area contributed by atoms with Crippen LogP contribution in [0, 0.1) is 19.7 Å². The first kappa shape index (κ1) is 16.3. The molecular weight excluding hydrogens is 305 g/mol. The molecular formula is C19H22FN3O. The van der Waals surface area contributed by atoms with Crippen LogP contribution in [0.5, 0.6) is 0 Å². The van der Waals surface area contributed by atoms with Crippen molar-refractivity contribution in [3.8, 4) is 0 Å². The maximum Gasteiger partial charge on any atom is 0.321 e. The number of amides is 2. The number of hydrogen-bond acceptors (Lipinski definition) is 2. The standard InChI is InChI=1S/C19H22FN3O/c1-14-5-3-8-18(15(14)2)21-19(24)23-11-9-22(10-12-23)17-7-4-6-16(20)13-17/h3-8,13H,9-12H2,1-2H3,(H,21,24). The van der Waals surface area contributed by atoms with Gasteiger partial charge in [-0.3, -0.25) is 0 Å². The second kappa shape index (κ2) is 6.91. The van der Waals surface area contributed by atoms with Gasteiger partial charge in [0.2, 0.25) is 0 Å². The van der Waals surface area contributed by atoms with Gasteiger partial charge >= 0.3 is 6.03 Å². The number of aryl methyl sites for hydroxylation is 1. The van der Waals surface area contributed by atoms with E-state index in [-0.39, 0.29) is 11.8 Å². The van der Waals surface area contributed by atoms with Crippen LogP contribution in [0.4, 0.5) is 20.6 Å². The summed E-state index contributed by atoms with van der Waals surface area (Å²) >= 11 is 0. The van der Waals surface area contributed by atoms with Crippen LogP contribution in [0.15, 0.2) is 42.5 Å².